The summed E-state index contributed by atoms with van der Waals surface area (Å²) >= 11 is 0. The molecule has 0 aliphatic carbocycles. The van der Waals surface area contributed by atoms with Crippen LogP contribution in [0.3, 0.4) is 0 Å². The SMILES string of the molecule is Nc1c(-c2ccccc2)ccc2ccc(-c3ccc(F)cc3)c(N)c12. The van der Waals surface area contributed by atoms with Crippen LogP contribution in [0.15, 0.2) is 78.9 Å². The van der Waals surface area contributed by atoms with Gasteiger partial charge >= 0.3 is 0 Å². The van der Waals surface area contributed by atoms with E-state index in [1.165, 1.54) is 12.1 Å². The Labute approximate surface area is 145 Å². The molecule has 0 amide bonds. The van der Waals surface area contributed by atoms with Crippen LogP contribution in [0.4, 0.5) is 15.8 Å². The van der Waals surface area contributed by atoms with E-state index in [0.29, 0.717) is 11.4 Å². The fourth-order valence-corrected chi connectivity index (χ4v) is 3.22. The molecule has 0 heterocycles. The molecule has 3 heteroatoms. The summed E-state index contributed by atoms with van der Waals surface area (Å²) in [6.07, 6.45) is 0. The molecule has 0 radical (unpaired) electrons. The van der Waals surface area contributed by atoms with Gasteiger partial charge in [0.15, 0.2) is 0 Å². The highest BCUT2D eigenvalue weighted by atomic mass is 19.1. The average Bonchev–Trinajstić information content (AvgIpc) is 2.64. The molecule has 0 atom stereocenters. The van der Waals surface area contributed by atoms with Gasteiger partial charge in [-0.15, -0.1) is 0 Å². The third-order valence-corrected chi connectivity index (χ3v) is 4.51. The Morgan fingerprint density at radius 2 is 1.08 bits per heavy atom. The molecule has 4 rings (SSSR count). The number of benzene rings is 4. The number of rotatable bonds is 2. The molecular weight excluding hydrogens is 311 g/mol. The van der Waals surface area contributed by atoms with Gasteiger partial charge in [-0.3, -0.25) is 0 Å². The number of hydrogen-bond donors (Lipinski definition) is 2. The Morgan fingerprint density at radius 3 is 1.64 bits per heavy atom. The van der Waals surface area contributed by atoms with Gasteiger partial charge in [0, 0.05) is 27.9 Å². The second-order valence-corrected chi connectivity index (χ2v) is 6.02. The van der Waals surface area contributed by atoms with E-state index in [0.717, 1.165) is 33.0 Å². The minimum atomic E-state index is -0.269. The Kier molecular flexibility index (Phi) is 3.62. The molecule has 0 spiro atoms. The predicted octanol–water partition coefficient (Wildman–Crippen LogP) is 5.48. The minimum Gasteiger partial charge on any atom is -0.398 e. The van der Waals surface area contributed by atoms with E-state index in [1.54, 1.807) is 12.1 Å². The molecule has 4 aromatic carbocycles. The Hall–Kier alpha value is -3.33. The molecule has 0 unspecified atom stereocenters. The maximum Gasteiger partial charge on any atom is 0.123 e. The highest BCUT2D eigenvalue weighted by molar-refractivity contribution is 6.10. The van der Waals surface area contributed by atoms with Gasteiger partial charge in [0.25, 0.3) is 0 Å². The summed E-state index contributed by atoms with van der Waals surface area (Å²) < 4.78 is 13.2. The van der Waals surface area contributed by atoms with Crippen molar-refractivity contribution in [3.63, 3.8) is 0 Å². The summed E-state index contributed by atoms with van der Waals surface area (Å²) in [5, 5.41) is 1.82. The molecule has 0 aliphatic heterocycles. The number of fused-ring (bicyclic) bond motifs is 1. The van der Waals surface area contributed by atoms with Crippen LogP contribution in [-0.4, -0.2) is 0 Å². The van der Waals surface area contributed by atoms with E-state index in [2.05, 4.69) is 0 Å². The quantitative estimate of drug-likeness (QED) is 0.479. The standard InChI is InChI=1S/C22H17FN2/c23-17-10-6-15(7-11-17)19-13-9-16-8-12-18(14-4-2-1-3-5-14)21(24)20(16)22(19)25/h1-13H,24-25H2. The van der Waals surface area contributed by atoms with Gasteiger partial charge < -0.3 is 11.5 Å². The van der Waals surface area contributed by atoms with Crippen molar-refractivity contribution >= 4 is 22.1 Å². The number of halogens is 1. The second kappa shape index (κ2) is 5.95. The third-order valence-electron chi connectivity index (χ3n) is 4.51. The van der Waals surface area contributed by atoms with Crippen LogP contribution in [0, 0.1) is 5.82 Å². The Balaban J connectivity index is 1.96. The lowest BCUT2D eigenvalue weighted by molar-refractivity contribution is 0.628. The van der Waals surface area contributed by atoms with Crippen molar-refractivity contribution in [2.45, 2.75) is 0 Å². The molecule has 0 saturated heterocycles. The Morgan fingerprint density at radius 1 is 0.560 bits per heavy atom. The van der Waals surface area contributed by atoms with Gasteiger partial charge in [-0.1, -0.05) is 66.7 Å². The molecule has 25 heavy (non-hydrogen) atoms. The molecular formula is C22H17FN2. The van der Waals surface area contributed by atoms with E-state index in [9.17, 15) is 4.39 Å². The highest BCUT2D eigenvalue weighted by Crippen LogP contribution is 2.39. The van der Waals surface area contributed by atoms with E-state index in [-0.39, 0.29) is 5.82 Å². The zero-order valence-electron chi connectivity index (χ0n) is 13.5. The summed E-state index contributed by atoms with van der Waals surface area (Å²) in [6, 6.07) is 24.3. The van der Waals surface area contributed by atoms with Crippen LogP contribution in [0.25, 0.3) is 33.0 Å². The molecule has 0 saturated carbocycles. The summed E-state index contributed by atoms with van der Waals surface area (Å²) in [5.41, 5.74) is 17.9. The van der Waals surface area contributed by atoms with Crippen molar-refractivity contribution in [3.05, 3.63) is 84.7 Å². The zero-order valence-corrected chi connectivity index (χ0v) is 13.5. The van der Waals surface area contributed by atoms with E-state index >= 15 is 0 Å². The van der Waals surface area contributed by atoms with Crippen LogP contribution >= 0.6 is 0 Å². The number of anilines is 2. The zero-order chi connectivity index (χ0) is 17.4. The number of hydrogen-bond acceptors (Lipinski definition) is 2. The summed E-state index contributed by atoms with van der Waals surface area (Å²) in [6.45, 7) is 0. The average molecular weight is 328 g/mol. The van der Waals surface area contributed by atoms with Gasteiger partial charge in [-0.25, -0.2) is 4.39 Å². The maximum absolute atomic E-state index is 13.2. The molecule has 2 nitrogen and oxygen atoms in total. The fourth-order valence-electron chi connectivity index (χ4n) is 3.22. The number of nitrogens with two attached hydrogens (primary N) is 2. The first-order valence-electron chi connectivity index (χ1n) is 8.07. The largest absolute Gasteiger partial charge is 0.398 e. The summed E-state index contributed by atoms with van der Waals surface area (Å²) in [7, 11) is 0. The van der Waals surface area contributed by atoms with Crippen LogP contribution in [0.1, 0.15) is 0 Å². The molecule has 0 fully saturated rings. The van der Waals surface area contributed by atoms with Crippen molar-refractivity contribution in [3.8, 4) is 22.3 Å². The molecule has 0 aliphatic rings. The van der Waals surface area contributed by atoms with Gasteiger partial charge in [0.1, 0.15) is 5.82 Å². The van der Waals surface area contributed by atoms with Crippen molar-refractivity contribution < 1.29 is 4.39 Å². The van der Waals surface area contributed by atoms with Gasteiger partial charge in [-0.05, 0) is 28.6 Å². The molecule has 4 aromatic rings. The van der Waals surface area contributed by atoms with E-state index in [4.69, 9.17) is 11.5 Å². The molecule has 4 N–H and O–H groups in total. The molecule has 122 valence electrons. The van der Waals surface area contributed by atoms with Crippen LogP contribution in [0.5, 0.6) is 0 Å². The summed E-state index contributed by atoms with van der Waals surface area (Å²) in [5.74, 6) is -0.269. The number of nitrogen functional groups attached to an aromatic ring is 2. The van der Waals surface area contributed by atoms with Crippen molar-refractivity contribution in [2.75, 3.05) is 11.5 Å². The smallest absolute Gasteiger partial charge is 0.123 e. The third kappa shape index (κ3) is 2.60. The van der Waals surface area contributed by atoms with Gasteiger partial charge in [0.2, 0.25) is 0 Å². The monoisotopic (exact) mass is 328 g/mol. The van der Waals surface area contributed by atoms with Crippen LogP contribution < -0.4 is 11.5 Å². The van der Waals surface area contributed by atoms with Crippen LogP contribution in [-0.2, 0) is 0 Å². The summed E-state index contributed by atoms with van der Waals surface area (Å²) in [4.78, 5) is 0. The molecule has 0 aromatic heterocycles. The fraction of sp³-hybridized carbons (Fsp3) is 0. The lowest BCUT2D eigenvalue weighted by atomic mass is 9.94. The minimum absolute atomic E-state index is 0.269. The normalized spacial score (nSPS) is 10.9. The van der Waals surface area contributed by atoms with Gasteiger partial charge in [-0.2, -0.15) is 0 Å². The van der Waals surface area contributed by atoms with E-state index < -0.39 is 0 Å². The second-order valence-electron chi connectivity index (χ2n) is 6.02. The first-order chi connectivity index (χ1) is 12.1. The predicted molar refractivity (Wildman–Crippen MR) is 104 cm³/mol. The van der Waals surface area contributed by atoms with Crippen molar-refractivity contribution in [1.82, 2.24) is 0 Å². The Bertz CT molecular complexity index is 1050. The lowest BCUT2D eigenvalue weighted by Crippen LogP contribution is -1.98. The van der Waals surface area contributed by atoms with Crippen molar-refractivity contribution in [2.24, 2.45) is 0 Å². The van der Waals surface area contributed by atoms with Crippen molar-refractivity contribution in [1.29, 1.82) is 0 Å². The first kappa shape index (κ1) is 15.2. The lowest BCUT2D eigenvalue weighted by Gasteiger charge is -2.14. The molecule has 0 bridgehead atoms. The van der Waals surface area contributed by atoms with Gasteiger partial charge in [0.05, 0.1) is 0 Å². The first-order valence-corrected chi connectivity index (χ1v) is 8.07. The van der Waals surface area contributed by atoms with Crippen LogP contribution in [0.2, 0.25) is 0 Å². The van der Waals surface area contributed by atoms with E-state index in [1.807, 2.05) is 54.6 Å². The maximum atomic E-state index is 13.2. The topological polar surface area (TPSA) is 52.0 Å². The highest BCUT2D eigenvalue weighted by Gasteiger charge is 2.13.